The van der Waals surface area contributed by atoms with E-state index in [0.717, 1.165) is 25.2 Å². The van der Waals surface area contributed by atoms with Crippen LogP contribution in [0.4, 0.5) is 0 Å². The Balaban J connectivity index is 0.000000259. The first-order valence-electron chi connectivity index (χ1n) is 7.64. The molecule has 2 aromatic heterocycles. The van der Waals surface area contributed by atoms with Gasteiger partial charge in [-0.05, 0) is 101 Å². The van der Waals surface area contributed by atoms with Crippen molar-refractivity contribution in [3.05, 3.63) is 71.4 Å². The molecule has 6 nitrogen and oxygen atoms in total. The molecule has 0 aliphatic heterocycles. The lowest BCUT2D eigenvalue weighted by molar-refractivity contribution is 0.600. The van der Waals surface area contributed by atoms with Crippen LogP contribution in [0.1, 0.15) is 7.43 Å². The maximum atomic E-state index is 10.9. The van der Waals surface area contributed by atoms with Gasteiger partial charge in [0.15, 0.2) is 0 Å². The molecule has 0 atom stereocenters. The number of benzene rings is 2. The molecule has 1 N–H and O–H groups in total. The zero-order valence-corrected chi connectivity index (χ0v) is 23.2. The van der Waals surface area contributed by atoms with Gasteiger partial charge in [-0.1, -0.05) is 30.6 Å². The maximum Gasteiger partial charge on any atom is 0.345 e. The van der Waals surface area contributed by atoms with E-state index in [-0.39, 0.29) is 18.4 Å². The highest BCUT2D eigenvalue weighted by Crippen LogP contribution is 2.61. The van der Waals surface area contributed by atoms with E-state index in [1.807, 2.05) is 6.07 Å². The number of nitrogens with zero attached hydrogens (tertiary/aromatic N) is 3. The van der Waals surface area contributed by atoms with Crippen molar-refractivity contribution in [1.29, 1.82) is 0 Å². The molecule has 0 spiro atoms. The van der Waals surface area contributed by atoms with E-state index in [4.69, 9.17) is 34.8 Å². The molecule has 0 unspecified atom stereocenters. The number of halogens is 8. The first-order chi connectivity index (χ1) is 14.3. The zero-order valence-electron chi connectivity index (χ0n) is 14.6. The predicted molar refractivity (Wildman–Crippen MR) is 144 cm³/mol. The van der Waals surface area contributed by atoms with Gasteiger partial charge in [0.1, 0.15) is 0 Å². The molecule has 172 valence electrons. The van der Waals surface area contributed by atoms with Crippen LogP contribution in [0.15, 0.2) is 50.4 Å². The van der Waals surface area contributed by atoms with Crippen LogP contribution in [-0.4, -0.2) is 19.9 Å². The van der Waals surface area contributed by atoms with Crippen molar-refractivity contribution in [2.45, 2.75) is 7.43 Å². The fourth-order valence-corrected chi connectivity index (χ4v) is 3.24. The number of hydrogen-bond donors (Lipinski definition) is 1. The Morgan fingerprint density at radius 2 is 1.34 bits per heavy atom. The second-order valence-corrected chi connectivity index (χ2v) is 14.9. The van der Waals surface area contributed by atoms with Gasteiger partial charge in [-0.15, -0.1) is 0 Å². The molecule has 4 rings (SSSR count). The van der Waals surface area contributed by atoms with Crippen LogP contribution in [-0.2, 0) is 4.57 Å². The summed E-state index contributed by atoms with van der Waals surface area (Å²) in [6.07, 6.45) is 3.17. The van der Waals surface area contributed by atoms with Crippen molar-refractivity contribution < 1.29 is 4.57 Å². The summed E-state index contributed by atoms with van der Waals surface area (Å²) in [5, 5.41) is -0.0703. The van der Waals surface area contributed by atoms with Crippen molar-refractivity contribution in [3.63, 3.8) is 0 Å². The van der Waals surface area contributed by atoms with Gasteiger partial charge in [-0.2, -0.15) is 0 Å². The van der Waals surface area contributed by atoms with Crippen LogP contribution in [0.5, 0.6) is 0 Å². The summed E-state index contributed by atoms with van der Waals surface area (Å²) in [6.45, 7) is 0. The molecule has 4 aromatic rings. The minimum absolute atomic E-state index is 0. The molecule has 0 amide bonds. The maximum absolute atomic E-state index is 10.9. The fraction of sp³-hybridized carbons (Fsp3) is 0.0588. The van der Waals surface area contributed by atoms with Crippen molar-refractivity contribution in [1.82, 2.24) is 19.9 Å². The van der Waals surface area contributed by atoms with Gasteiger partial charge in [0.05, 0.1) is 21.1 Å². The average Bonchev–Trinajstić information content (AvgIpc) is 2.63. The molecule has 0 saturated carbocycles. The monoisotopic (exact) mass is 702 g/mol. The summed E-state index contributed by atoms with van der Waals surface area (Å²) < 4.78 is 11.1. The summed E-state index contributed by atoms with van der Waals surface area (Å²) in [6, 6.07) is 7.09. The molecule has 2 heterocycles. The molecule has 0 bridgehead atoms. The van der Waals surface area contributed by atoms with E-state index in [2.05, 4.69) is 85.5 Å². The van der Waals surface area contributed by atoms with Gasteiger partial charge in [0.25, 0.3) is 0 Å². The number of aromatic amines is 1. The van der Waals surface area contributed by atoms with E-state index < -0.39 is 5.20 Å². The van der Waals surface area contributed by atoms with Crippen LogP contribution in [0.3, 0.4) is 0 Å². The quantitative estimate of drug-likeness (QED) is 0.145. The van der Waals surface area contributed by atoms with E-state index >= 15 is 0 Å². The minimum atomic E-state index is -3.22. The van der Waals surface area contributed by atoms with Gasteiger partial charge in [-0.3, -0.25) is 4.57 Å². The largest absolute Gasteiger partial charge is 0.345 e. The minimum Gasteiger partial charge on any atom is -0.305 e. The molecule has 0 aliphatic carbocycles. The van der Waals surface area contributed by atoms with Gasteiger partial charge in [0, 0.05) is 32.1 Å². The summed E-state index contributed by atoms with van der Waals surface area (Å²) in [4.78, 5) is 24.9. The van der Waals surface area contributed by atoms with Gasteiger partial charge >= 0.3 is 10.9 Å². The van der Waals surface area contributed by atoms with Crippen molar-refractivity contribution in [2.75, 3.05) is 0 Å². The van der Waals surface area contributed by atoms with Crippen LogP contribution >= 0.6 is 106 Å². The predicted octanol–water partition coefficient (Wildman–Crippen LogP) is 9.49. The SMILES string of the molecule is C.Clc1ncc2cc(Br)c(Cl)cc2n1.O=P(Cl)(Cl)Cl.O=c1ncc2cc(Br)c(Cl)cc2[nH]1. The number of hydrogen-bond acceptors (Lipinski definition) is 5. The van der Waals surface area contributed by atoms with Crippen LogP contribution in [0, 0.1) is 0 Å². The summed E-state index contributed by atoms with van der Waals surface area (Å²) in [7, 11) is 0. The normalized spacial score (nSPS) is 10.5. The molecule has 0 aliphatic rings. The van der Waals surface area contributed by atoms with E-state index in [0.29, 0.717) is 15.6 Å². The molecule has 15 heteroatoms. The van der Waals surface area contributed by atoms with Crippen molar-refractivity contribution >= 4 is 127 Å². The highest BCUT2D eigenvalue weighted by atomic mass is 79.9. The Bertz CT molecular complexity index is 1340. The second kappa shape index (κ2) is 13.1. The Labute approximate surface area is 228 Å². The lowest BCUT2D eigenvalue weighted by Gasteiger charge is -1.99. The Kier molecular flexibility index (Phi) is 12.2. The van der Waals surface area contributed by atoms with E-state index in [1.54, 1.807) is 24.4 Å². The fourth-order valence-electron chi connectivity index (χ4n) is 2.06. The Morgan fingerprint density at radius 1 is 0.844 bits per heavy atom. The van der Waals surface area contributed by atoms with E-state index in [1.165, 1.54) is 6.20 Å². The standard InChI is InChI=1S/C8H3BrCl2N2.C8H4BrClN2O.CH4.Cl3OP/c9-5-1-4-3-12-8(11)13-7(4)2-6(5)10;9-5-1-4-3-11-8(13)12-7(4)2-6(5)10;;1-5(2,3)4/h1-3H;1-3H,(H,11,12,13);1H4;. The molecule has 2 aromatic carbocycles. The molecule has 32 heavy (non-hydrogen) atoms. The first kappa shape index (κ1) is 29.9. The smallest absolute Gasteiger partial charge is 0.305 e. The van der Waals surface area contributed by atoms with Crippen LogP contribution in [0.2, 0.25) is 15.3 Å². The van der Waals surface area contributed by atoms with Crippen LogP contribution < -0.4 is 5.69 Å². The third-order valence-electron chi connectivity index (χ3n) is 3.25. The lowest BCUT2D eigenvalue weighted by Crippen LogP contribution is -2.08. The highest BCUT2D eigenvalue weighted by Gasteiger charge is 2.03. The molecule has 0 radical (unpaired) electrons. The average molecular weight is 707 g/mol. The van der Waals surface area contributed by atoms with E-state index in [9.17, 15) is 9.36 Å². The Hall–Kier alpha value is -0.150. The number of aromatic nitrogens is 4. The summed E-state index contributed by atoms with van der Waals surface area (Å²) in [5.41, 5.74) is 1.06. The topological polar surface area (TPSA) is 88.6 Å². The zero-order chi connectivity index (χ0) is 23.3. The third kappa shape index (κ3) is 10.00. The first-order valence-corrected chi connectivity index (χ1v) is 14.8. The number of fused-ring (bicyclic) bond motifs is 2. The summed E-state index contributed by atoms with van der Waals surface area (Å²) >= 11 is 37.8. The van der Waals surface area contributed by atoms with Gasteiger partial charge in [0.2, 0.25) is 5.28 Å². The third-order valence-corrected chi connectivity index (χ3v) is 5.82. The molecular weight excluding hydrogens is 696 g/mol. The molecular formula is C17H11Br2Cl6N4O2P. The number of nitrogens with one attached hydrogen (secondary N) is 1. The van der Waals surface area contributed by atoms with Crippen LogP contribution in [0.25, 0.3) is 21.8 Å². The molecule has 0 fully saturated rings. The number of H-pyrrole nitrogens is 1. The molecule has 0 saturated heterocycles. The summed E-state index contributed by atoms with van der Waals surface area (Å²) in [5.74, 6) is 0. The number of rotatable bonds is 0. The van der Waals surface area contributed by atoms with Gasteiger partial charge < -0.3 is 4.98 Å². The lowest BCUT2D eigenvalue weighted by atomic mass is 10.2. The van der Waals surface area contributed by atoms with Crippen molar-refractivity contribution in [3.8, 4) is 0 Å². The Morgan fingerprint density at radius 3 is 1.94 bits per heavy atom. The second-order valence-electron chi connectivity index (χ2n) is 5.40. The van der Waals surface area contributed by atoms with Crippen molar-refractivity contribution in [2.24, 2.45) is 0 Å². The highest BCUT2D eigenvalue weighted by molar-refractivity contribution is 9.10. The van der Waals surface area contributed by atoms with Gasteiger partial charge in [-0.25, -0.2) is 19.7 Å².